The van der Waals surface area contributed by atoms with Gasteiger partial charge in [-0.2, -0.15) is 13.2 Å². The molecule has 0 saturated carbocycles. The van der Waals surface area contributed by atoms with E-state index in [4.69, 9.17) is 16.3 Å². The van der Waals surface area contributed by atoms with Crippen LogP contribution in [0.3, 0.4) is 0 Å². The Balaban J connectivity index is 1.38. The van der Waals surface area contributed by atoms with Gasteiger partial charge in [0.1, 0.15) is 27.2 Å². The number of amides is 2. The fourth-order valence-electron chi connectivity index (χ4n) is 3.59. The maximum Gasteiger partial charge on any atom is 0.418 e. The topological polar surface area (TPSA) is 114 Å². The van der Waals surface area contributed by atoms with E-state index >= 15 is 0 Å². The Hall–Kier alpha value is -3.07. The number of carbonyl (C=O) groups excluding carboxylic acids is 2. The van der Waals surface area contributed by atoms with Crippen LogP contribution in [0.4, 0.5) is 19.0 Å². The number of thiazole rings is 1. The van der Waals surface area contributed by atoms with Gasteiger partial charge in [0.25, 0.3) is 11.8 Å². The lowest BCUT2D eigenvalue weighted by Gasteiger charge is -2.26. The molecule has 3 aromatic rings. The number of morpholine rings is 1. The summed E-state index contributed by atoms with van der Waals surface area (Å²) in [6, 6.07) is 0.119. The lowest BCUT2D eigenvalue weighted by Crippen LogP contribution is -2.36. The molecule has 1 atom stereocenters. The Morgan fingerprint density at radius 3 is 2.59 bits per heavy atom. The molecule has 4 heterocycles. The van der Waals surface area contributed by atoms with Crippen LogP contribution in [-0.4, -0.2) is 62.5 Å². The summed E-state index contributed by atoms with van der Waals surface area (Å²) in [5.74, 6) is -0.605. The van der Waals surface area contributed by atoms with Gasteiger partial charge in [0.05, 0.1) is 48.8 Å². The number of hydrogen-bond donors (Lipinski definition) is 2. The maximum atomic E-state index is 13.1. The number of aromatic nitrogens is 4. The number of alkyl halides is 3. The minimum absolute atomic E-state index is 0.134. The van der Waals surface area contributed by atoms with Crippen LogP contribution >= 0.6 is 22.9 Å². The van der Waals surface area contributed by atoms with E-state index < -0.39 is 28.7 Å². The van der Waals surface area contributed by atoms with Crippen LogP contribution in [0, 0.1) is 0 Å². The van der Waals surface area contributed by atoms with E-state index in [-0.39, 0.29) is 16.6 Å². The molecule has 1 aliphatic heterocycles. The molecule has 0 radical (unpaired) electrons. The van der Waals surface area contributed by atoms with E-state index in [1.807, 2.05) is 0 Å². The molecule has 37 heavy (non-hydrogen) atoms. The molecule has 0 unspecified atom stereocenters. The largest absolute Gasteiger partial charge is 0.418 e. The number of nitrogens with one attached hydrogen (secondary N) is 2. The molecule has 10 nitrogen and oxygen atoms in total. The summed E-state index contributed by atoms with van der Waals surface area (Å²) in [5, 5.41) is 5.01. The average Bonchev–Trinajstić information content (AvgIpc) is 3.48. The van der Waals surface area contributed by atoms with E-state index in [0.29, 0.717) is 36.5 Å². The van der Waals surface area contributed by atoms with Gasteiger partial charge in [-0.1, -0.05) is 11.6 Å². The quantitative estimate of drug-likeness (QED) is 0.457. The average molecular weight is 558 g/mol. The lowest BCUT2D eigenvalue weighted by molar-refractivity contribution is -0.137. The summed E-state index contributed by atoms with van der Waals surface area (Å²) < 4.78 is 46.3. The number of anilines is 1. The van der Waals surface area contributed by atoms with E-state index in [0.717, 1.165) is 36.4 Å². The number of imidazole rings is 1. The third kappa shape index (κ3) is 6.44. The number of rotatable bonds is 7. The molecule has 4 rings (SSSR count). The van der Waals surface area contributed by atoms with E-state index in [1.165, 1.54) is 12.4 Å². The van der Waals surface area contributed by atoms with Crippen LogP contribution in [0.5, 0.6) is 0 Å². The van der Waals surface area contributed by atoms with Crippen molar-refractivity contribution in [2.24, 2.45) is 7.05 Å². The van der Waals surface area contributed by atoms with Crippen molar-refractivity contribution in [2.75, 3.05) is 31.6 Å². The first-order valence-electron chi connectivity index (χ1n) is 11.1. The third-order valence-corrected chi connectivity index (χ3v) is 7.13. The minimum atomic E-state index is -4.69. The van der Waals surface area contributed by atoms with Crippen molar-refractivity contribution >= 4 is 40.6 Å². The molecule has 1 saturated heterocycles. The highest BCUT2D eigenvalue weighted by molar-refractivity contribution is 7.13. The summed E-state index contributed by atoms with van der Waals surface area (Å²) in [7, 11) is 1.77. The first kappa shape index (κ1) is 27.0. The number of nitrogens with zero attached hydrogens (tertiary/aromatic N) is 5. The van der Waals surface area contributed by atoms with Gasteiger partial charge in [-0.15, -0.1) is 11.3 Å². The summed E-state index contributed by atoms with van der Waals surface area (Å²) in [6.07, 6.45) is -1.08. The van der Waals surface area contributed by atoms with Crippen molar-refractivity contribution in [3.8, 4) is 0 Å². The number of pyridine rings is 1. The fraction of sp³-hybridized carbons (Fsp3) is 0.409. The van der Waals surface area contributed by atoms with Gasteiger partial charge in [-0.05, 0) is 13.0 Å². The van der Waals surface area contributed by atoms with Crippen LogP contribution in [0.1, 0.15) is 49.5 Å². The zero-order valence-electron chi connectivity index (χ0n) is 19.8. The highest BCUT2D eigenvalue weighted by Gasteiger charge is 2.34. The zero-order valence-corrected chi connectivity index (χ0v) is 21.4. The van der Waals surface area contributed by atoms with Crippen LogP contribution in [0.2, 0.25) is 5.02 Å². The van der Waals surface area contributed by atoms with E-state index in [9.17, 15) is 22.8 Å². The second kappa shape index (κ2) is 11.1. The van der Waals surface area contributed by atoms with Gasteiger partial charge in [0, 0.05) is 26.3 Å². The first-order chi connectivity index (χ1) is 17.5. The lowest BCUT2D eigenvalue weighted by atomic mass is 10.2. The Labute approximate surface area is 218 Å². The molecular weight excluding hydrogens is 535 g/mol. The van der Waals surface area contributed by atoms with Crippen molar-refractivity contribution in [1.82, 2.24) is 29.7 Å². The monoisotopic (exact) mass is 557 g/mol. The second-order valence-electron chi connectivity index (χ2n) is 8.27. The summed E-state index contributed by atoms with van der Waals surface area (Å²) in [5.41, 5.74) is -0.733. The number of hydrogen-bond acceptors (Lipinski definition) is 8. The van der Waals surface area contributed by atoms with Gasteiger partial charge in [-0.25, -0.2) is 15.0 Å². The molecule has 0 aromatic carbocycles. The Morgan fingerprint density at radius 2 is 1.89 bits per heavy atom. The number of carbonyl (C=O) groups is 2. The van der Waals surface area contributed by atoms with Crippen molar-refractivity contribution in [1.29, 1.82) is 0 Å². The second-order valence-corrected chi connectivity index (χ2v) is 9.74. The van der Waals surface area contributed by atoms with Crippen LogP contribution in [-0.2, 0) is 24.5 Å². The third-order valence-electron chi connectivity index (χ3n) is 5.65. The Morgan fingerprint density at radius 1 is 1.16 bits per heavy atom. The van der Waals surface area contributed by atoms with Gasteiger partial charge >= 0.3 is 6.18 Å². The molecule has 1 fully saturated rings. The Kier molecular flexibility index (Phi) is 8.11. The van der Waals surface area contributed by atoms with Gasteiger partial charge in [0.15, 0.2) is 0 Å². The molecule has 2 N–H and O–H groups in total. The van der Waals surface area contributed by atoms with Gasteiger partial charge in [-0.3, -0.25) is 14.5 Å². The summed E-state index contributed by atoms with van der Waals surface area (Å²) in [4.78, 5) is 40.0. The maximum absolute atomic E-state index is 13.1. The van der Waals surface area contributed by atoms with Crippen LogP contribution < -0.4 is 10.6 Å². The van der Waals surface area contributed by atoms with Crippen molar-refractivity contribution in [2.45, 2.75) is 25.7 Å². The Bertz CT molecular complexity index is 1290. The smallest absolute Gasteiger partial charge is 0.379 e. The van der Waals surface area contributed by atoms with Crippen molar-refractivity contribution < 1.29 is 27.5 Å². The highest BCUT2D eigenvalue weighted by atomic mass is 35.5. The molecular formula is C22H23ClF3N7O3S. The molecule has 1 aliphatic rings. The van der Waals surface area contributed by atoms with Crippen LogP contribution in [0.15, 0.2) is 24.7 Å². The summed E-state index contributed by atoms with van der Waals surface area (Å²) >= 11 is 6.56. The van der Waals surface area contributed by atoms with E-state index in [2.05, 4.69) is 30.5 Å². The van der Waals surface area contributed by atoms with Crippen molar-refractivity contribution in [3.63, 3.8) is 0 Å². The molecule has 0 aliphatic carbocycles. The molecule has 15 heteroatoms. The summed E-state index contributed by atoms with van der Waals surface area (Å²) in [6.45, 7) is 5.22. The molecule has 2 amide bonds. The highest BCUT2D eigenvalue weighted by Crippen LogP contribution is 2.35. The molecule has 0 spiro atoms. The van der Waals surface area contributed by atoms with Crippen molar-refractivity contribution in [3.05, 3.63) is 56.6 Å². The zero-order chi connectivity index (χ0) is 26.7. The number of halogens is 4. The molecule has 198 valence electrons. The molecule has 3 aromatic heterocycles. The fourth-order valence-corrected chi connectivity index (χ4v) is 4.62. The van der Waals surface area contributed by atoms with Gasteiger partial charge in [0.2, 0.25) is 0 Å². The minimum Gasteiger partial charge on any atom is -0.379 e. The first-order valence-corrected chi connectivity index (χ1v) is 12.3. The van der Waals surface area contributed by atoms with Crippen LogP contribution in [0.25, 0.3) is 0 Å². The number of ether oxygens (including phenoxy) is 1. The van der Waals surface area contributed by atoms with Gasteiger partial charge < -0.3 is 19.9 Å². The van der Waals surface area contributed by atoms with E-state index in [1.54, 1.807) is 18.5 Å². The SMILES string of the molecule is C[C@@H](NC(=O)c1cnc(CN2CCOCC2)n1C)c1ncc(C(=O)Nc2cc(C(F)(F)F)c(Cl)cn2)s1. The predicted octanol–water partition coefficient (Wildman–Crippen LogP) is 3.52. The predicted molar refractivity (Wildman–Crippen MR) is 130 cm³/mol. The standard InChI is InChI=1S/C22H23ClF3N7O3S/c1-12(30-19(34)15-9-28-18(32(15)2)11-33-3-5-36-6-4-33)21-29-10-16(37-21)20(35)31-17-7-13(22(24,25)26)14(23)8-27-17/h7-10,12H,3-6,11H2,1-2H3,(H,30,34)(H,27,31,35)/t12-/m1/s1. The normalized spacial score (nSPS) is 15.4. The molecule has 0 bridgehead atoms.